The summed E-state index contributed by atoms with van der Waals surface area (Å²) in [4.78, 5) is 35.3. The first-order valence-corrected chi connectivity index (χ1v) is 9.12. The van der Waals surface area contributed by atoms with Crippen molar-refractivity contribution in [2.75, 3.05) is 18.0 Å². The lowest BCUT2D eigenvalue weighted by atomic mass is 9.94. The Labute approximate surface area is 151 Å². The van der Waals surface area contributed by atoms with E-state index in [1.165, 1.54) is 7.05 Å². The van der Waals surface area contributed by atoms with Crippen LogP contribution < -0.4 is 21.5 Å². The Morgan fingerprint density at radius 3 is 2.77 bits per heavy atom. The second-order valence-electron chi connectivity index (χ2n) is 7.17. The molecule has 138 valence electrons. The summed E-state index contributed by atoms with van der Waals surface area (Å²) in [5, 5.41) is 3.72. The molecule has 0 aromatic carbocycles. The Morgan fingerprint density at radius 1 is 1.12 bits per heavy atom. The molecule has 1 aliphatic carbocycles. The van der Waals surface area contributed by atoms with Gasteiger partial charge in [-0.05, 0) is 25.7 Å². The predicted molar refractivity (Wildman–Crippen MR) is 98.4 cm³/mol. The van der Waals surface area contributed by atoms with Gasteiger partial charge in [0, 0.05) is 51.7 Å². The van der Waals surface area contributed by atoms with Gasteiger partial charge in [-0.15, -0.1) is 0 Å². The maximum absolute atomic E-state index is 12.2. The van der Waals surface area contributed by atoms with Gasteiger partial charge in [-0.1, -0.05) is 0 Å². The average Bonchev–Trinajstić information content (AvgIpc) is 3.11. The van der Waals surface area contributed by atoms with E-state index in [0.717, 1.165) is 54.7 Å². The van der Waals surface area contributed by atoms with Crippen molar-refractivity contribution in [2.24, 2.45) is 14.1 Å². The van der Waals surface area contributed by atoms with Gasteiger partial charge in [0.2, 0.25) is 0 Å². The van der Waals surface area contributed by atoms with Crippen LogP contribution in [-0.4, -0.2) is 38.2 Å². The number of fused-ring (bicyclic) bond motifs is 1. The van der Waals surface area contributed by atoms with Crippen LogP contribution in [0.1, 0.15) is 36.7 Å². The Bertz CT molecular complexity index is 934. The molecule has 1 unspecified atom stereocenters. The predicted octanol–water partition coefficient (Wildman–Crippen LogP) is 0.120. The highest BCUT2D eigenvalue weighted by Crippen LogP contribution is 2.28. The molecule has 8 heteroatoms. The molecule has 8 nitrogen and oxygen atoms in total. The quantitative estimate of drug-likeness (QED) is 0.841. The summed E-state index contributed by atoms with van der Waals surface area (Å²) < 4.78 is 2.68. The van der Waals surface area contributed by atoms with Crippen molar-refractivity contribution in [1.82, 2.24) is 24.4 Å². The van der Waals surface area contributed by atoms with Gasteiger partial charge in [0.1, 0.15) is 5.82 Å². The van der Waals surface area contributed by atoms with E-state index in [0.29, 0.717) is 11.9 Å². The molecule has 2 atom stereocenters. The van der Waals surface area contributed by atoms with Crippen molar-refractivity contribution in [3.05, 3.63) is 50.7 Å². The molecule has 1 saturated heterocycles. The molecule has 1 N–H and O–H groups in total. The zero-order chi connectivity index (χ0) is 18.3. The molecule has 0 amide bonds. The second-order valence-corrected chi connectivity index (χ2v) is 7.17. The van der Waals surface area contributed by atoms with Gasteiger partial charge >= 0.3 is 5.69 Å². The topological polar surface area (TPSA) is 85.1 Å². The minimum Gasteiger partial charge on any atom is -0.356 e. The van der Waals surface area contributed by atoms with Crippen LogP contribution >= 0.6 is 0 Å². The molecular weight excluding hydrogens is 332 g/mol. The molecule has 1 fully saturated rings. The molecule has 2 aromatic rings. The first-order chi connectivity index (χ1) is 12.5. The fraction of sp³-hybridized carbons (Fsp3) is 0.556. The van der Waals surface area contributed by atoms with Crippen LogP contribution in [-0.2, 0) is 20.5 Å². The van der Waals surface area contributed by atoms with Crippen LogP contribution in [0.15, 0.2) is 28.0 Å². The molecule has 0 radical (unpaired) electrons. The fourth-order valence-corrected chi connectivity index (χ4v) is 4.05. The monoisotopic (exact) mass is 356 g/mol. The van der Waals surface area contributed by atoms with Crippen molar-refractivity contribution in [3.63, 3.8) is 0 Å². The third-order valence-corrected chi connectivity index (χ3v) is 5.49. The summed E-state index contributed by atoms with van der Waals surface area (Å²) in [6, 6.07) is 2.07. The number of anilines is 1. The fourth-order valence-electron chi connectivity index (χ4n) is 4.05. The van der Waals surface area contributed by atoms with Gasteiger partial charge < -0.3 is 10.2 Å². The zero-order valence-electron chi connectivity index (χ0n) is 15.2. The van der Waals surface area contributed by atoms with E-state index in [1.54, 1.807) is 30.1 Å². The summed E-state index contributed by atoms with van der Waals surface area (Å²) in [5.41, 5.74) is 1.61. The lowest BCUT2D eigenvalue weighted by Gasteiger charge is -2.28. The van der Waals surface area contributed by atoms with Crippen LogP contribution in [0.25, 0.3) is 0 Å². The van der Waals surface area contributed by atoms with Crippen LogP contribution in [0.5, 0.6) is 0 Å². The first-order valence-electron chi connectivity index (χ1n) is 9.12. The highest BCUT2D eigenvalue weighted by Gasteiger charge is 2.29. The number of aryl methyl sites for hydroxylation is 1. The Kier molecular flexibility index (Phi) is 4.36. The largest absolute Gasteiger partial charge is 0.356 e. The van der Waals surface area contributed by atoms with E-state index < -0.39 is 0 Å². The lowest BCUT2D eigenvalue weighted by Crippen LogP contribution is -2.41. The number of rotatable bonds is 3. The van der Waals surface area contributed by atoms with Crippen LogP contribution in [0.3, 0.4) is 0 Å². The molecule has 0 spiro atoms. The minimum atomic E-state index is -0.291. The molecular formula is C18H24N6O2. The van der Waals surface area contributed by atoms with Crippen molar-refractivity contribution in [3.8, 4) is 0 Å². The molecule has 1 aliphatic heterocycles. The maximum Gasteiger partial charge on any atom is 0.332 e. The molecule has 0 saturated carbocycles. The van der Waals surface area contributed by atoms with E-state index in [4.69, 9.17) is 0 Å². The zero-order valence-corrected chi connectivity index (χ0v) is 15.2. The molecule has 0 bridgehead atoms. The smallest absolute Gasteiger partial charge is 0.332 e. The molecule has 2 aromatic heterocycles. The number of nitrogens with one attached hydrogen (secondary N) is 1. The van der Waals surface area contributed by atoms with Gasteiger partial charge in [-0.2, -0.15) is 0 Å². The van der Waals surface area contributed by atoms with Crippen molar-refractivity contribution in [2.45, 2.75) is 37.8 Å². The van der Waals surface area contributed by atoms with E-state index in [9.17, 15) is 9.59 Å². The first kappa shape index (κ1) is 17.0. The van der Waals surface area contributed by atoms with Gasteiger partial charge in [0.25, 0.3) is 5.56 Å². The van der Waals surface area contributed by atoms with Gasteiger partial charge in [-0.25, -0.2) is 4.79 Å². The summed E-state index contributed by atoms with van der Waals surface area (Å²) in [6.45, 7) is 1.59. The van der Waals surface area contributed by atoms with Crippen molar-refractivity contribution < 1.29 is 0 Å². The average molecular weight is 356 g/mol. The summed E-state index contributed by atoms with van der Waals surface area (Å²) in [6.07, 6.45) is 7.66. The summed E-state index contributed by atoms with van der Waals surface area (Å²) in [5.74, 6) is 0.686. The highest BCUT2D eigenvalue weighted by molar-refractivity contribution is 5.40. The molecule has 4 rings (SSSR count). The third-order valence-electron chi connectivity index (χ3n) is 5.49. The summed E-state index contributed by atoms with van der Waals surface area (Å²) >= 11 is 0. The normalized spacial score (nSPS) is 22.5. The summed E-state index contributed by atoms with van der Waals surface area (Å²) in [7, 11) is 3.22. The Morgan fingerprint density at radius 2 is 1.92 bits per heavy atom. The lowest BCUT2D eigenvalue weighted by molar-refractivity contribution is 0.397. The SMILES string of the molecule is Cn1c(N2CC[C@H](NC3CCCc4nccnc43)C2)cc(=O)n(C)c1=O. The van der Waals surface area contributed by atoms with Crippen molar-refractivity contribution >= 4 is 5.82 Å². The van der Waals surface area contributed by atoms with Crippen molar-refractivity contribution in [1.29, 1.82) is 0 Å². The molecule has 2 aliphatic rings. The number of aromatic nitrogens is 4. The molecule has 26 heavy (non-hydrogen) atoms. The van der Waals surface area contributed by atoms with Gasteiger partial charge in [0.05, 0.1) is 17.4 Å². The molecule has 3 heterocycles. The number of nitrogens with zero attached hydrogens (tertiary/aromatic N) is 5. The Hall–Kier alpha value is -2.48. The van der Waals surface area contributed by atoms with E-state index >= 15 is 0 Å². The number of hydrogen-bond acceptors (Lipinski definition) is 6. The van der Waals surface area contributed by atoms with E-state index in [2.05, 4.69) is 20.2 Å². The Balaban J connectivity index is 1.51. The van der Waals surface area contributed by atoms with Gasteiger partial charge in [-0.3, -0.25) is 23.9 Å². The van der Waals surface area contributed by atoms with Gasteiger partial charge in [0.15, 0.2) is 0 Å². The van der Waals surface area contributed by atoms with Crippen LogP contribution in [0, 0.1) is 0 Å². The highest BCUT2D eigenvalue weighted by atomic mass is 16.2. The number of hydrogen-bond donors (Lipinski definition) is 1. The maximum atomic E-state index is 12.2. The van der Waals surface area contributed by atoms with E-state index in [-0.39, 0.29) is 17.3 Å². The van der Waals surface area contributed by atoms with Crippen LogP contribution in [0.4, 0.5) is 5.82 Å². The standard InChI is InChI=1S/C18H24N6O2/c1-22-15(10-16(25)23(2)18(22)26)24-9-6-12(11-24)21-14-5-3-4-13-17(14)20-8-7-19-13/h7-8,10,12,14,21H,3-6,9,11H2,1-2H3/t12-,14?/m0/s1. The minimum absolute atomic E-state index is 0.227. The van der Waals surface area contributed by atoms with E-state index in [1.807, 2.05) is 0 Å². The third kappa shape index (κ3) is 2.94. The van der Waals surface area contributed by atoms with Crippen LogP contribution in [0.2, 0.25) is 0 Å². The second kappa shape index (κ2) is 6.68.